The number of carbonyl (C=O) groups is 2. The van der Waals surface area contributed by atoms with Gasteiger partial charge in [-0.05, 0) is 43.9 Å². The average Bonchev–Trinajstić information content (AvgIpc) is 3.12. The topological polar surface area (TPSA) is 71.1 Å². The second kappa shape index (κ2) is 7.74. The molecule has 0 radical (unpaired) electrons. The summed E-state index contributed by atoms with van der Waals surface area (Å²) in [4.78, 5) is 27.3. The first-order valence-corrected chi connectivity index (χ1v) is 8.71. The van der Waals surface area contributed by atoms with Crippen molar-refractivity contribution in [2.75, 3.05) is 44.1 Å². The van der Waals surface area contributed by atoms with E-state index in [1.54, 1.807) is 42.1 Å². The third-order valence-corrected chi connectivity index (χ3v) is 4.69. The number of benzene rings is 1. The molecule has 3 rings (SSSR count). The summed E-state index contributed by atoms with van der Waals surface area (Å²) in [7, 11) is 3.48. The predicted molar refractivity (Wildman–Crippen MR) is 95.2 cm³/mol. The largest absolute Gasteiger partial charge is 0.482 e. The van der Waals surface area contributed by atoms with E-state index in [4.69, 9.17) is 9.47 Å². The van der Waals surface area contributed by atoms with E-state index in [0.717, 1.165) is 32.3 Å². The lowest BCUT2D eigenvalue weighted by Gasteiger charge is -2.26. The van der Waals surface area contributed by atoms with Crippen LogP contribution in [-0.2, 0) is 9.53 Å². The summed E-state index contributed by atoms with van der Waals surface area (Å²) in [5.41, 5.74) is 1.30. The van der Waals surface area contributed by atoms with Crippen LogP contribution < -0.4 is 15.0 Å². The van der Waals surface area contributed by atoms with Crippen LogP contribution in [-0.4, -0.2) is 56.8 Å². The molecule has 2 heterocycles. The molecule has 7 nitrogen and oxygen atoms in total. The van der Waals surface area contributed by atoms with E-state index in [9.17, 15) is 9.59 Å². The van der Waals surface area contributed by atoms with E-state index >= 15 is 0 Å². The van der Waals surface area contributed by atoms with E-state index in [0.29, 0.717) is 29.8 Å². The van der Waals surface area contributed by atoms with Crippen LogP contribution in [0.5, 0.6) is 5.75 Å². The molecule has 2 aliphatic heterocycles. The van der Waals surface area contributed by atoms with Gasteiger partial charge in [-0.2, -0.15) is 0 Å². The highest BCUT2D eigenvalue weighted by atomic mass is 16.5. The summed E-state index contributed by atoms with van der Waals surface area (Å²) in [6.45, 7) is 1.58. The van der Waals surface area contributed by atoms with Crippen molar-refractivity contribution < 1.29 is 19.1 Å². The molecule has 1 atom stereocenters. The van der Waals surface area contributed by atoms with Crippen LogP contribution in [0.2, 0.25) is 0 Å². The molecule has 1 fully saturated rings. The van der Waals surface area contributed by atoms with Crippen LogP contribution in [0.1, 0.15) is 25.7 Å². The van der Waals surface area contributed by atoms with Crippen molar-refractivity contribution in [3.63, 3.8) is 0 Å². The van der Waals surface area contributed by atoms with E-state index in [1.165, 1.54) is 0 Å². The number of hydrogen-bond donors (Lipinski definition) is 1. The molecule has 1 unspecified atom stereocenters. The maximum Gasteiger partial charge on any atom is 0.321 e. The lowest BCUT2D eigenvalue weighted by atomic mass is 10.1. The first-order valence-electron chi connectivity index (χ1n) is 8.71. The first-order chi connectivity index (χ1) is 12.0. The SMILES string of the molecule is CN(CCCC1CCCO1)C(=O)Nc1ccc2c(c1)N(C)C(=O)CO2. The Morgan fingerprint density at radius 1 is 1.44 bits per heavy atom. The van der Waals surface area contributed by atoms with Gasteiger partial charge in [-0.25, -0.2) is 4.79 Å². The molecule has 0 bridgehead atoms. The summed E-state index contributed by atoms with van der Waals surface area (Å²) in [5, 5.41) is 2.87. The second-order valence-corrected chi connectivity index (χ2v) is 6.55. The number of anilines is 2. The standard InChI is InChI=1S/C18H25N3O4/c1-20(9-3-5-14-6-4-10-24-14)18(23)19-13-7-8-16-15(11-13)21(2)17(22)12-25-16/h7-8,11,14H,3-6,9-10,12H2,1-2H3,(H,19,23). The third-order valence-electron chi connectivity index (χ3n) is 4.69. The van der Waals surface area contributed by atoms with Crippen molar-refractivity contribution in [2.24, 2.45) is 0 Å². The Kier molecular flexibility index (Phi) is 5.43. The van der Waals surface area contributed by atoms with Crippen molar-refractivity contribution in [2.45, 2.75) is 31.8 Å². The molecule has 0 saturated carbocycles. The van der Waals surface area contributed by atoms with Gasteiger partial charge in [0.2, 0.25) is 0 Å². The molecule has 3 amide bonds. The van der Waals surface area contributed by atoms with Crippen molar-refractivity contribution in [1.82, 2.24) is 4.90 Å². The minimum Gasteiger partial charge on any atom is -0.482 e. The maximum atomic E-state index is 12.3. The molecular formula is C18H25N3O4. The van der Waals surface area contributed by atoms with Gasteiger partial charge in [-0.15, -0.1) is 0 Å². The quantitative estimate of drug-likeness (QED) is 0.888. The maximum absolute atomic E-state index is 12.3. The summed E-state index contributed by atoms with van der Waals surface area (Å²) in [6.07, 6.45) is 4.52. The zero-order valence-electron chi connectivity index (χ0n) is 14.8. The number of fused-ring (bicyclic) bond motifs is 1. The molecule has 1 aromatic rings. The fraction of sp³-hybridized carbons (Fsp3) is 0.556. The van der Waals surface area contributed by atoms with Crippen LogP contribution >= 0.6 is 0 Å². The number of likely N-dealkylation sites (N-methyl/N-ethyl adjacent to an activating group) is 1. The lowest BCUT2D eigenvalue weighted by Crippen LogP contribution is -2.36. The Labute approximate surface area is 147 Å². The molecule has 136 valence electrons. The van der Waals surface area contributed by atoms with Gasteiger partial charge < -0.3 is 24.6 Å². The van der Waals surface area contributed by atoms with E-state index < -0.39 is 0 Å². The molecule has 25 heavy (non-hydrogen) atoms. The van der Waals surface area contributed by atoms with Gasteiger partial charge in [0, 0.05) is 32.9 Å². The Morgan fingerprint density at radius 2 is 2.28 bits per heavy atom. The highest BCUT2D eigenvalue weighted by Gasteiger charge is 2.23. The Bertz CT molecular complexity index is 643. The number of ether oxygens (including phenoxy) is 2. The molecule has 1 aromatic carbocycles. The smallest absolute Gasteiger partial charge is 0.321 e. The minimum absolute atomic E-state index is 0.0443. The normalized spacial score (nSPS) is 19.4. The fourth-order valence-corrected chi connectivity index (χ4v) is 3.10. The first kappa shape index (κ1) is 17.5. The number of carbonyl (C=O) groups excluding carboxylic acids is 2. The van der Waals surface area contributed by atoms with Gasteiger partial charge >= 0.3 is 6.03 Å². The van der Waals surface area contributed by atoms with Crippen molar-refractivity contribution in [1.29, 1.82) is 0 Å². The van der Waals surface area contributed by atoms with Crippen molar-refractivity contribution >= 4 is 23.3 Å². The molecule has 1 saturated heterocycles. The van der Waals surface area contributed by atoms with E-state index in [2.05, 4.69) is 5.32 Å². The number of nitrogens with zero attached hydrogens (tertiary/aromatic N) is 2. The van der Waals surface area contributed by atoms with Gasteiger partial charge in [0.1, 0.15) is 5.75 Å². The number of urea groups is 1. The van der Waals surface area contributed by atoms with Gasteiger partial charge in [0.05, 0.1) is 11.8 Å². The van der Waals surface area contributed by atoms with Crippen molar-refractivity contribution in [3.8, 4) is 5.75 Å². The summed E-state index contributed by atoms with van der Waals surface area (Å²) in [5.74, 6) is 0.534. The van der Waals surface area contributed by atoms with Crippen LogP contribution in [0.4, 0.5) is 16.2 Å². The Balaban J connectivity index is 1.52. The van der Waals surface area contributed by atoms with Crippen LogP contribution in [0.3, 0.4) is 0 Å². The minimum atomic E-state index is -0.169. The zero-order valence-corrected chi connectivity index (χ0v) is 14.8. The van der Waals surface area contributed by atoms with Gasteiger partial charge in [0.25, 0.3) is 5.91 Å². The molecule has 1 N–H and O–H groups in total. The molecule has 2 aliphatic rings. The predicted octanol–water partition coefficient (Wildman–Crippen LogP) is 2.46. The van der Waals surface area contributed by atoms with E-state index in [-0.39, 0.29) is 18.5 Å². The number of amides is 3. The second-order valence-electron chi connectivity index (χ2n) is 6.55. The summed E-state index contributed by atoms with van der Waals surface area (Å²) in [6, 6.07) is 5.13. The highest BCUT2D eigenvalue weighted by Crippen LogP contribution is 2.33. The lowest BCUT2D eigenvalue weighted by molar-refractivity contribution is -0.120. The number of rotatable bonds is 5. The Hall–Kier alpha value is -2.28. The van der Waals surface area contributed by atoms with Gasteiger partial charge in [0.15, 0.2) is 6.61 Å². The highest BCUT2D eigenvalue weighted by molar-refractivity contribution is 5.99. The van der Waals surface area contributed by atoms with E-state index in [1.807, 2.05) is 0 Å². The van der Waals surface area contributed by atoms with Crippen LogP contribution in [0.15, 0.2) is 18.2 Å². The number of nitrogens with one attached hydrogen (secondary N) is 1. The van der Waals surface area contributed by atoms with Crippen molar-refractivity contribution in [3.05, 3.63) is 18.2 Å². The van der Waals surface area contributed by atoms with Gasteiger partial charge in [-0.1, -0.05) is 0 Å². The monoisotopic (exact) mass is 347 g/mol. The summed E-state index contributed by atoms with van der Waals surface area (Å²) >= 11 is 0. The molecule has 0 spiro atoms. The fourth-order valence-electron chi connectivity index (χ4n) is 3.10. The van der Waals surface area contributed by atoms with Gasteiger partial charge in [-0.3, -0.25) is 4.79 Å². The average molecular weight is 347 g/mol. The molecule has 0 aliphatic carbocycles. The summed E-state index contributed by atoms with van der Waals surface area (Å²) < 4.78 is 11.0. The third kappa shape index (κ3) is 4.22. The number of hydrogen-bond acceptors (Lipinski definition) is 4. The zero-order chi connectivity index (χ0) is 17.8. The van der Waals surface area contributed by atoms with Crippen LogP contribution in [0, 0.1) is 0 Å². The Morgan fingerprint density at radius 3 is 3.04 bits per heavy atom. The molecule has 7 heteroatoms. The molecule has 0 aromatic heterocycles. The van der Waals surface area contributed by atoms with Crippen LogP contribution in [0.25, 0.3) is 0 Å². The molecular weight excluding hydrogens is 322 g/mol.